The van der Waals surface area contributed by atoms with Crippen LogP contribution in [0.1, 0.15) is 18.6 Å². The zero-order chi connectivity index (χ0) is 18.3. The second-order valence-corrected chi connectivity index (χ2v) is 6.54. The van der Waals surface area contributed by atoms with Gasteiger partial charge in [-0.15, -0.1) is 10.2 Å². The molecule has 27 heavy (non-hydrogen) atoms. The Labute approximate surface area is 159 Å². The molecule has 4 heteroatoms. The number of anilines is 1. The minimum atomic E-state index is 0. The lowest BCUT2D eigenvalue weighted by Gasteiger charge is -2.11. The van der Waals surface area contributed by atoms with E-state index in [0.29, 0.717) is 16.8 Å². The first-order valence-electron chi connectivity index (χ1n) is 8.46. The number of nitrogens with zero attached hydrogens (tertiary/aromatic N) is 2. The van der Waals surface area contributed by atoms with Crippen molar-refractivity contribution in [3.63, 3.8) is 0 Å². The Bertz CT molecular complexity index is 1170. The molecule has 3 N–H and O–H groups in total. The van der Waals surface area contributed by atoms with Crippen LogP contribution in [0, 0.1) is 13.8 Å². The van der Waals surface area contributed by atoms with E-state index in [4.69, 9.17) is 5.73 Å². The number of phenols is 1. The summed E-state index contributed by atoms with van der Waals surface area (Å²) in [5.74, 6) is 0.0708. The fourth-order valence-electron chi connectivity index (χ4n) is 3.36. The molecule has 0 unspecified atom stereocenters. The van der Waals surface area contributed by atoms with Crippen molar-refractivity contribution >= 4 is 38.6 Å². The van der Waals surface area contributed by atoms with Gasteiger partial charge in [0.05, 0.1) is 5.69 Å². The first kappa shape index (κ1) is 18.4. The highest BCUT2D eigenvalue weighted by atomic mass is 16.3. The van der Waals surface area contributed by atoms with E-state index in [1.165, 1.54) is 0 Å². The smallest absolute Gasteiger partial charge is 0.153 e. The van der Waals surface area contributed by atoms with Crippen molar-refractivity contribution in [1.82, 2.24) is 0 Å². The maximum Gasteiger partial charge on any atom is 0.153 e. The van der Waals surface area contributed by atoms with E-state index in [9.17, 15) is 5.11 Å². The maximum atomic E-state index is 10.8. The number of fused-ring (bicyclic) bond motifs is 2. The summed E-state index contributed by atoms with van der Waals surface area (Å²) in [6.07, 6.45) is 0. The van der Waals surface area contributed by atoms with E-state index in [0.717, 1.165) is 33.0 Å². The van der Waals surface area contributed by atoms with Gasteiger partial charge in [-0.1, -0.05) is 49.9 Å². The summed E-state index contributed by atoms with van der Waals surface area (Å²) in [7, 11) is 0. The Hall–Kier alpha value is -3.40. The monoisotopic (exact) mass is 357 g/mol. The predicted molar refractivity (Wildman–Crippen MR) is 114 cm³/mol. The Morgan fingerprint density at radius 1 is 0.852 bits per heavy atom. The Morgan fingerprint density at radius 3 is 2.41 bits per heavy atom. The molecule has 0 bridgehead atoms. The molecule has 4 rings (SSSR count). The van der Waals surface area contributed by atoms with Gasteiger partial charge in [0.15, 0.2) is 5.75 Å². The molecular weight excluding hydrogens is 334 g/mol. The summed E-state index contributed by atoms with van der Waals surface area (Å²) in [5.41, 5.74) is 9.78. The molecule has 0 spiro atoms. The third kappa shape index (κ3) is 3.22. The highest BCUT2D eigenvalue weighted by Gasteiger charge is 2.13. The molecule has 0 fully saturated rings. The maximum absolute atomic E-state index is 10.8. The third-order valence-electron chi connectivity index (χ3n) is 4.57. The van der Waals surface area contributed by atoms with Crippen molar-refractivity contribution in [3.8, 4) is 5.75 Å². The molecule has 4 aromatic rings. The van der Waals surface area contributed by atoms with Gasteiger partial charge in [-0.05, 0) is 53.9 Å². The van der Waals surface area contributed by atoms with E-state index < -0.39 is 0 Å². The summed E-state index contributed by atoms with van der Waals surface area (Å²) >= 11 is 0. The summed E-state index contributed by atoms with van der Waals surface area (Å²) in [4.78, 5) is 0. The fraction of sp³-hybridized carbons (Fsp3) is 0.130. The Balaban J connectivity index is 0.00000210. The zero-order valence-electron chi connectivity index (χ0n) is 14.7. The molecule has 0 atom stereocenters. The van der Waals surface area contributed by atoms with Gasteiger partial charge in [-0.3, -0.25) is 0 Å². The first-order chi connectivity index (χ1) is 12.5. The van der Waals surface area contributed by atoms with E-state index in [1.807, 2.05) is 74.5 Å². The second-order valence-electron chi connectivity index (χ2n) is 6.54. The number of azo groups is 1. The topological polar surface area (TPSA) is 71.0 Å². The van der Waals surface area contributed by atoms with Crippen molar-refractivity contribution < 1.29 is 5.11 Å². The minimum absolute atomic E-state index is 0. The van der Waals surface area contributed by atoms with Crippen LogP contribution >= 0.6 is 0 Å². The molecular formula is C23H23N3O. The summed E-state index contributed by atoms with van der Waals surface area (Å²) < 4.78 is 0. The zero-order valence-corrected chi connectivity index (χ0v) is 14.7. The van der Waals surface area contributed by atoms with Crippen LogP contribution in [0.5, 0.6) is 5.75 Å². The SMILES string of the molecule is C.Cc1cc(N)c2c(O)c(N=Nc3cccc4ccccc34)c(C)cc2c1. The average molecular weight is 357 g/mol. The molecule has 0 radical (unpaired) electrons. The van der Waals surface area contributed by atoms with Crippen LogP contribution in [0.15, 0.2) is 70.9 Å². The van der Waals surface area contributed by atoms with Crippen LogP contribution in [0.4, 0.5) is 17.1 Å². The molecule has 0 aliphatic rings. The van der Waals surface area contributed by atoms with E-state index >= 15 is 0 Å². The van der Waals surface area contributed by atoms with E-state index in [1.54, 1.807) is 0 Å². The fourth-order valence-corrected chi connectivity index (χ4v) is 3.36. The van der Waals surface area contributed by atoms with Crippen LogP contribution in [0.3, 0.4) is 0 Å². The molecule has 0 amide bonds. The number of rotatable bonds is 2. The lowest BCUT2D eigenvalue weighted by molar-refractivity contribution is 0.482. The molecule has 4 nitrogen and oxygen atoms in total. The van der Waals surface area contributed by atoms with Crippen molar-refractivity contribution in [1.29, 1.82) is 0 Å². The normalized spacial score (nSPS) is 11.2. The Morgan fingerprint density at radius 2 is 1.59 bits per heavy atom. The van der Waals surface area contributed by atoms with Crippen molar-refractivity contribution in [2.45, 2.75) is 21.3 Å². The number of hydrogen-bond acceptors (Lipinski definition) is 4. The molecule has 0 saturated heterocycles. The van der Waals surface area contributed by atoms with Crippen LogP contribution in [-0.2, 0) is 0 Å². The highest BCUT2D eigenvalue weighted by Crippen LogP contribution is 2.42. The number of hydrogen-bond donors (Lipinski definition) is 2. The number of aryl methyl sites for hydroxylation is 2. The number of nitrogens with two attached hydrogens (primary N) is 1. The van der Waals surface area contributed by atoms with E-state index in [2.05, 4.69) is 10.2 Å². The number of benzene rings is 4. The third-order valence-corrected chi connectivity index (χ3v) is 4.57. The molecule has 0 aliphatic heterocycles. The summed E-state index contributed by atoms with van der Waals surface area (Å²) in [5, 5.41) is 23.2. The van der Waals surface area contributed by atoms with Gasteiger partial charge in [0.1, 0.15) is 5.69 Å². The van der Waals surface area contributed by atoms with Gasteiger partial charge in [-0.2, -0.15) is 0 Å². The minimum Gasteiger partial charge on any atom is -0.505 e. The van der Waals surface area contributed by atoms with Gasteiger partial charge in [0.25, 0.3) is 0 Å². The van der Waals surface area contributed by atoms with Crippen molar-refractivity contribution in [2.75, 3.05) is 5.73 Å². The molecule has 0 aliphatic carbocycles. The summed E-state index contributed by atoms with van der Waals surface area (Å²) in [6, 6.07) is 19.8. The second kappa shape index (κ2) is 7.08. The van der Waals surface area contributed by atoms with E-state index in [-0.39, 0.29) is 13.2 Å². The Kier molecular flexibility index (Phi) is 4.82. The largest absolute Gasteiger partial charge is 0.505 e. The lowest BCUT2D eigenvalue weighted by atomic mass is 10.0. The van der Waals surface area contributed by atoms with Gasteiger partial charge < -0.3 is 10.8 Å². The standard InChI is InChI=1S/C22H19N3O.CH4/c1-13-10-16-12-14(2)21(22(26)20(16)18(23)11-13)25-24-19-9-5-7-15-6-3-4-8-17(15)19;/h3-12,26H,23H2,1-2H3;1H4. The van der Waals surface area contributed by atoms with Crippen molar-refractivity contribution in [2.24, 2.45) is 10.2 Å². The average Bonchev–Trinajstić information content (AvgIpc) is 2.60. The highest BCUT2D eigenvalue weighted by molar-refractivity contribution is 6.02. The van der Waals surface area contributed by atoms with Crippen LogP contribution < -0.4 is 5.73 Å². The number of phenolic OH excluding ortho intramolecular Hbond substituents is 1. The van der Waals surface area contributed by atoms with Gasteiger partial charge in [-0.25, -0.2) is 0 Å². The van der Waals surface area contributed by atoms with Gasteiger partial charge in [0.2, 0.25) is 0 Å². The van der Waals surface area contributed by atoms with Crippen molar-refractivity contribution in [3.05, 3.63) is 71.8 Å². The molecule has 0 aromatic heterocycles. The molecule has 136 valence electrons. The lowest BCUT2D eigenvalue weighted by Crippen LogP contribution is -1.90. The quantitative estimate of drug-likeness (QED) is 0.301. The van der Waals surface area contributed by atoms with Gasteiger partial charge in [0, 0.05) is 16.5 Å². The number of aromatic hydroxyl groups is 1. The first-order valence-corrected chi connectivity index (χ1v) is 8.46. The number of nitrogen functional groups attached to an aromatic ring is 1. The van der Waals surface area contributed by atoms with Crippen LogP contribution in [0.25, 0.3) is 21.5 Å². The van der Waals surface area contributed by atoms with Crippen LogP contribution in [-0.4, -0.2) is 5.11 Å². The molecule has 0 heterocycles. The van der Waals surface area contributed by atoms with Crippen LogP contribution in [0.2, 0.25) is 0 Å². The molecule has 4 aromatic carbocycles. The van der Waals surface area contributed by atoms with Gasteiger partial charge >= 0.3 is 0 Å². The molecule has 0 saturated carbocycles. The summed E-state index contributed by atoms with van der Waals surface area (Å²) in [6.45, 7) is 3.89. The predicted octanol–water partition coefficient (Wildman–Crippen LogP) is 6.95.